The van der Waals surface area contributed by atoms with E-state index in [1.54, 1.807) is 9.80 Å². The van der Waals surface area contributed by atoms with Crippen molar-refractivity contribution in [2.24, 2.45) is 0 Å². The minimum Gasteiger partial charge on any atom is -0.376 e. The number of aliphatic hydroxyl groups excluding tert-OH is 2. The van der Waals surface area contributed by atoms with Crippen molar-refractivity contribution in [3.8, 4) is 0 Å². The zero-order valence-corrected chi connectivity index (χ0v) is 11.0. The maximum Gasteiger partial charge on any atom is 0.231 e. The highest BCUT2D eigenvalue weighted by Gasteiger charge is 2.12. The average Bonchev–Trinajstić information content (AvgIpc) is 2.42. The Balaban J connectivity index is 2.89. The van der Waals surface area contributed by atoms with Gasteiger partial charge in [0, 0.05) is 13.1 Å². The Morgan fingerprint density at radius 1 is 0.944 bits per heavy atom. The Labute approximate surface area is 107 Å². The maximum atomic E-state index is 9.26. The fourth-order valence-corrected chi connectivity index (χ4v) is 1.59. The summed E-state index contributed by atoms with van der Waals surface area (Å²) in [6.45, 7) is 5.11. The molecule has 0 unspecified atom stereocenters. The molecule has 1 aromatic rings. The molecule has 102 valence electrons. The molecule has 1 heterocycles. The average molecular weight is 255 g/mol. The summed E-state index contributed by atoms with van der Waals surface area (Å²) in [5, 5.41) is 18.5. The maximum absolute atomic E-state index is 9.26. The molecule has 1 rings (SSSR count). The van der Waals surface area contributed by atoms with Crippen LogP contribution in [0.25, 0.3) is 0 Å². The Morgan fingerprint density at radius 3 is 1.72 bits per heavy atom. The fourth-order valence-electron chi connectivity index (χ4n) is 1.59. The molecule has 0 aliphatic heterocycles. The van der Waals surface area contributed by atoms with E-state index in [1.807, 2.05) is 13.8 Å². The van der Waals surface area contributed by atoms with Crippen molar-refractivity contribution < 1.29 is 10.2 Å². The lowest BCUT2D eigenvalue weighted by atomic mass is 10.4. The summed E-state index contributed by atoms with van der Waals surface area (Å²) < 4.78 is 0. The second-order valence-corrected chi connectivity index (χ2v) is 3.90. The predicted octanol–water partition coefficient (Wildman–Crippen LogP) is 0.204. The lowest BCUT2D eigenvalue weighted by Gasteiger charge is -2.22. The van der Waals surface area contributed by atoms with E-state index in [4.69, 9.17) is 0 Å². The van der Waals surface area contributed by atoms with Crippen LogP contribution >= 0.6 is 0 Å². The SMILES string of the molecule is CCCN(CO)c1ncnc(N(CO)CCC)n1. The standard InChI is InChI=1S/C11H21N5O2/c1-3-5-15(8-17)10-12-7-13-11(14-10)16(9-18)6-4-2/h7,17-18H,3-6,8-9H2,1-2H3. The summed E-state index contributed by atoms with van der Waals surface area (Å²) in [5.41, 5.74) is 0. The Morgan fingerprint density at radius 2 is 1.39 bits per heavy atom. The van der Waals surface area contributed by atoms with Crippen LogP contribution < -0.4 is 9.80 Å². The molecule has 0 aromatic carbocycles. The minimum atomic E-state index is -0.135. The van der Waals surface area contributed by atoms with Gasteiger partial charge in [-0.2, -0.15) is 4.98 Å². The molecule has 0 bridgehead atoms. The quantitative estimate of drug-likeness (QED) is 0.642. The zero-order valence-electron chi connectivity index (χ0n) is 11.0. The normalized spacial score (nSPS) is 10.4. The van der Waals surface area contributed by atoms with Gasteiger partial charge in [0.25, 0.3) is 0 Å². The number of hydrogen-bond acceptors (Lipinski definition) is 7. The third kappa shape index (κ3) is 3.78. The summed E-state index contributed by atoms with van der Waals surface area (Å²) in [6.07, 6.45) is 3.18. The lowest BCUT2D eigenvalue weighted by Crippen LogP contribution is -2.30. The van der Waals surface area contributed by atoms with Crippen LogP contribution in [0.15, 0.2) is 6.33 Å². The van der Waals surface area contributed by atoms with Crippen LogP contribution in [0.5, 0.6) is 0 Å². The highest BCUT2D eigenvalue weighted by Crippen LogP contribution is 2.12. The Hall–Kier alpha value is -1.47. The molecule has 0 fully saturated rings. The molecule has 2 N–H and O–H groups in total. The topological polar surface area (TPSA) is 85.6 Å². The van der Waals surface area contributed by atoms with Gasteiger partial charge in [0.15, 0.2) is 0 Å². The largest absolute Gasteiger partial charge is 0.376 e. The van der Waals surface area contributed by atoms with E-state index in [2.05, 4.69) is 15.0 Å². The molecule has 0 radical (unpaired) electrons. The van der Waals surface area contributed by atoms with Crippen LogP contribution in [0.1, 0.15) is 26.7 Å². The molecule has 0 saturated heterocycles. The van der Waals surface area contributed by atoms with Gasteiger partial charge in [-0.15, -0.1) is 0 Å². The molecule has 7 heteroatoms. The second kappa shape index (κ2) is 7.78. The van der Waals surface area contributed by atoms with Crippen molar-refractivity contribution in [2.75, 3.05) is 36.4 Å². The van der Waals surface area contributed by atoms with E-state index in [0.29, 0.717) is 25.0 Å². The van der Waals surface area contributed by atoms with Gasteiger partial charge in [-0.25, -0.2) is 9.97 Å². The number of nitrogens with zero attached hydrogens (tertiary/aromatic N) is 5. The van der Waals surface area contributed by atoms with Gasteiger partial charge in [-0.1, -0.05) is 13.8 Å². The predicted molar refractivity (Wildman–Crippen MR) is 69.3 cm³/mol. The van der Waals surface area contributed by atoms with Gasteiger partial charge in [-0.05, 0) is 12.8 Å². The number of aromatic nitrogens is 3. The van der Waals surface area contributed by atoms with E-state index in [0.717, 1.165) is 12.8 Å². The van der Waals surface area contributed by atoms with Gasteiger partial charge >= 0.3 is 0 Å². The second-order valence-electron chi connectivity index (χ2n) is 3.90. The minimum absolute atomic E-state index is 0.135. The summed E-state index contributed by atoms with van der Waals surface area (Å²) >= 11 is 0. The number of anilines is 2. The van der Waals surface area contributed by atoms with Crippen molar-refractivity contribution in [2.45, 2.75) is 26.7 Å². The molecule has 18 heavy (non-hydrogen) atoms. The molecule has 1 aromatic heterocycles. The van der Waals surface area contributed by atoms with Crippen LogP contribution in [0.3, 0.4) is 0 Å². The summed E-state index contributed by atoms with van der Waals surface area (Å²) in [7, 11) is 0. The van der Waals surface area contributed by atoms with Crippen molar-refractivity contribution >= 4 is 11.9 Å². The van der Waals surface area contributed by atoms with Crippen LogP contribution in [-0.4, -0.2) is 51.7 Å². The molecule has 0 aliphatic carbocycles. The number of aliphatic hydroxyl groups is 2. The summed E-state index contributed by atoms with van der Waals surface area (Å²) in [5.74, 6) is 0.859. The molecular formula is C11H21N5O2. The van der Waals surface area contributed by atoms with Gasteiger partial charge in [-0.3, -0.25) is 0 Å². The van der Waals surface area contributed by atoms with Gasteiger partial charge in [0.05, 0.1) is 0 Å². The molecule has 0 amide bonds. The zero-order chi connectivity index (χ0) is 13.4. The summed E-state index contributed by atoms with van der Waals surface area (Å²) in [6, 6.07) is 0. The molecule has 7 nitrogen and oxygen atoms in total. The third-order valence-corrected chi connectivity index (χ3v) is 2.44. The molecule has 0 spiro atoms. The van der Waals surface area contributed by atoms with E-state index >= 15 is 0 Å². The molecule has 0 atom stereocenters. The Kier molecular flexibility index (Phi) is 6.31. The first-order valence-electron chi connectivity index (χ1n) is 6.17. The Bertz CT molecular complexity index is 321. The molecule has 0 aliphatic rings. The van der Waals surface area contributed by atoms with Crippen LogP contribution in [0, 0.1) is 0 Å². The monoisotopic (exact) mass is 255 g/mol. The number of hydrogen-bond donors (Lipinski definition) is 2. The fraction of sp³-hybridized carbons (Fsp3) is 0.727. The lowest BCUT2D eigenvalue weighted by molar-refractivity contribution is 0.285. The highest BCUT2D eigenvalue weighted by molar-refractivity contribution is 5.36. The van der Waals surface area contributed by atoms with Crippen molar-refractivity contribution in [1.82, 2.24) is 15.0 Å². The van der Waals surface area contributed by atoms with E-state index in [9.17, 15) is 10.2 Å². The van der Waals surface area contributed by atoms with Crippen molar-refractivity contribution in [3.05, 3.63) is 6.33 Å². The third-order valence-electron chi connectivity index (χ3n) is 2.44. The first-order chi connectivity index (χ1) is 8.76. The number of rotatable bonds is 8. The van der Waals surface area contributed by atoms with Crippen molar-refractivity contribution in [3.63, 3.8) is 0 Å². The summed E-state index contributed by atoms with van der Waals surface area (Å²) in [4.78, 5) is 15.7. The van der Waals surface area contributed by atoms with E-state index in [1.165, 1.54) is 6.33 Å². The molecule has 0 saturated carbocycles. The molecular weight excluding hydrogens is 234 g/mol. The van der Waals surface area contributed by atoms with Crippen LogP contribution in [0.2, 0.25) is 0 Å². The van der Waals surface area contributed by atoms with Gasteiger partial charge < -0.3 is 20.0 Å². The van der Waals surface area contributed by atoms with E-state index in [-0.39, 0.29) is 13.5 Å². The first-order valence-corrected chi connectivity index (χ1v) is 6.17. The first kappa shape index (κ1) is 14.6. The van der Waals surface area contributed by atoms with Gasteiger partial charge in [0.2, 0.25) is 11.9 Å². The van der Waals surface area contributed by atoms with Crippen LogP contribution in [-0.2, 0) is 0 Å². The van der Waals surface area contributed by atoms with E-state index < -0.39 is 0 Å². The van der Waals surface area contributed by atoms with Crippen LogP contribution in [0.4, 0.5) is 11.9 Å². The van der Waals surface area contributed by atoms with Gasteiger partial charge in [0.1, 0.15) is 19.8 Å². The smallest absolute Gasteiger partial charge is 0.231 e. The van der Waals surface area contributed by atoms with Crippen molar-refractivity contribution in [1.29, 1.82) is 0 Å². The highest BCUT2D eigenvalue weighted by atomic mass is 16.3.